The van der Waals surface area contributed by atoms with Gasteiger partial charge in [-0.15, -0.1) is 0 Å². The Labute approximate surface area is 814 Å². The van der Waals surface area contributed by atoms with Crippen LogP contribution in [-0.2, 0) is 25.7 Å². The van der Waals surface area contributed by atoms with Crippen molar-refractivity contribution in [2.24, 2.45) is 23.7 Å². The second kappa shape index (κ2) is 45.2. The fraction of sp³-hybridized carbons (Fsp3) is 0.262. The van der Waals surface area contributed by atoms with Gasteiger partial charge in [0.25, 0.3) is 0 Å². The van der Waals surface area contributed by atoms with Crippen LogP contribution >= 0.6 is 0 Å². The van der Waals surface area contributed by atoms with Gasteiger partial charge >= 0.3 is 0 Å². The Hall–Kier alpha value is -12.8. The highest BCUT2D eigenvalue weighted by Gasteiger charge is 2.37. The minimum Gasteiger partial charge on any atom is -0.436 e. The molecule has 17 aromatic rings. The van der Waals surface area contributed by atoms with E-state index in [4.69, 9.17) is 18.8 Å². The molecule has 0 N–H and O–H groups in total. The zero-order chi connectivity index (χ0) is 93.8. The number of rotatable bonds is 42. The van der Waals surface area contributed by atoms with Crippen LogP contribution in [0.3, 0.4) is 0 Å². The second-order valence-corrected chi connectivity index (χ2v) is 46.9. The lowest BCUT2D eigenvalue weighted by Crippen LogP contribution is -2.64. The lowest BCUT2D eigenvalue weighted by molar-refractivity contribution is 0.449. The Balaban J connectivity index is 0.594. The van der Waals surface area contributed by atoms with Crippen molar-refractivity contribution >= 4 is 47.3 Å². The smallest absolute Gasteiger partial charge is 0.226 e. The Kier molecular flexibility index (Phi) is 31.5. The van der Waals surface area contributed by atoms with E-state index >= 15 is 0 Å². The molecule has 4 atom stereocenters. The molecule has 17 rings (SSSR count). The predicted molar refractivity (Wildman–Crippen MR) is 587 cm³/mol. The van der Waals surface area contributed by atoms with Crippen molar-refractivity contribution in [2.45, 2.75) is 197 Å². The summed E-state index contributed by atoms with van der Waals surface area (Å²) in [5.41, 5.74) is 29.0. The molecule has 0 aliphatic carbocycles. The molecule has 0 amide bonds. The predicted octanol–water partition coefficient (Wildman–Crippen LogP) is 32.9. The van der Waals surface area contributed by atoms with Crippen LogP contribution in [0, 0.1) is 23.7 Å². The topological polar surface area (TPSA) is 52.1 Å². The molecule has 0 aliphatic heterocycles. The van der Waals surface area contributed by atoms with Crippen LogP contribution < -0.4 is 31.1 Å². The number of oxazole rings is 2. The maximum Gasteiger partial charge on any atom is 0.226 e. The lowest BCUT2D eigenvalue weighted by atomic mass is 9.91. The van der Waals surface area contributed by atoms with Gasteiger partial charge in [-0.1, -0.05) is 511 Å². The number of unbranched alkanes of at least 4 members (excludes halogenated alkanes) is 4. The molecule has 6 heteroatoms. The van der Waals surface area contributed by atoms with Gasteiger partial charge in [-0.25, -0.2) is 9.97 Å². The third-order valence-corrected chi connectivity index (χ3v) is 39.0. The van der Waals surface area contributed by atoms with Gasteiger partial charge < -0.3 is 8.83 Å². The molecule has 136 heavy (non-hydrogen) atoms. The minimum atomic E-state index is -2.64. The van der Waals surface area contributed by atoms with Gasteiger partial charge in [0.1, 0.15) is 16.1 Å². The van der Waals surface area contributed by atoms with Crippen molar-refractivity contribution in [1.29, 1.82) is 0 Å². The highest BCUT2D eigenvalue weighted by Crippen LogP contribution is 2.37. The van der Waals surface area contributed by atoms with Crippen LogP contribution in [-0.4, -0.2) is 26.1 Å². The molecule has 0 radical (unpaired) electrons. The van der Waals surface area contributed by atoms with E-state index in [0.29, 0.717) is 23.3 Å². The van der Waals surface area contributed by atoms with Crippen LogP contribution in [0.1, 0.15) is 180 Å². The fourth-order valence-corrected chi connectivity index (χ4v) is 27.6. The maximum absolute atomic E-state index is 6.67. The zero-order valence-corrected chi connectivity index (χ0v) is 84.0. The molecule has 0 aliphatic rings. The van der Waals surface area contributed by atoms with Crippen molar-refractivity contribution in [3.8, 4) is 135 Å². The molecule has 2 aromatic heterocycles. The lowest BCUT2D eigenvalue weighted by Gasteiger charge is -2.30. The van der Waals surface area contributed by atoms with E-state index in [-0.39, 0.29) is 0 Å². The van der Waals surface area contributed by atoms with E-state index in [1.54, 1.807) is 0 Å². The van der Waals surface area contributed by atoms with Gasteiger partial charge in [-0.2, -0.15) is 0 Å². The Morgan fingerprint density at radius 2 is 0.338 bits per heavy atom. The first-order chi connectivity index (χ1) is 66.7. The molecule has 686 valence electrons. The molecular formula is C130H136N2O2Si2. The first-order valence-corrected chi connectivity index (χ1v) is 56.1. The van der Waals surface area contributed by atoms with Gasteiger partial charge in [0.15, 0.2) is 11.5 Å². The quantitative estimate of drug-likeness (QED) is 0.0283. The fourth-order valence-electron chi connectivity index (χ4n) is 20.6. The van der Waals surface area contributed by atoms with Crippen molar-refractivity contribution in [1.82, 2.24) is 9.97 Å². The molecule has 0 spiro atoms. The van der Waals surface area contributed by atoms with E-state index in [1.807, 2.05) is 36.7 Å². The first-order valence-electron chi connectivity index (χ1n) is 51.1. The molecule has 0 saturated carbocycles. The largest absolute Gasteiger partial charge is 0.436 e. The number of hydrogen-bond donors (Lipinski definition) is 0. The summed E-state index contributed by atoms with van der Waals surface area (Å²) in [5, 5.41) is 7.98. The summed E-state index contributed by atoms with van der Waals surface area (Å²) in [7, 11) is -5.28. The van der Waals surface area contributed by atoms with Crippen LogP contribution in [0.4, 0.5) is 0 Å². The third-order valence-electron chi connectivity index (χ3n) is 30.0. The van der Waals surface area contributed by atoms with Crippen molar-refractivity contribution in [3.63, 3.8) is 0 Å². The summed E-state index contributed by atoms with van der Waals surface area (Å²) < 4.78 is 13.3. The molecule has 4 nitrogen and oxygen atoms in total. The molecule has 0 saturated heterocycles. The Morgan fingerprint density at radius 1 is 0.191 bits per heavy atom. The van der Waals surface area contributed by atoms with Crippen LogP contribution in [0.15, 0.2) is 385 Å². The molecule has 2 heterocycles. The van der Waals surface area contributed by atoms with Crippen molar-refractivity contribution in [2.75, 3.05) is 0 Å². The van der Waals surface area contributed by atoms with Gasteiger partial charge in [0.05, 0.1) is 12.4 Å². The number of aromatic nitrogens is 2. The normalized spacial score (nSPS) is 13.4. The Bertz CT molecular complexity index is 5890. The van der Waals surface area contributed by atoms with E-state index in [9.17, 15) is 0 Å². The molecule has 0 bridgehead atoms. The third kappa shape index (κ3) is 22.4. The summed E-state index contributed by atoms with van der Waals surface area (Å²) >= 11 is 0. The van der Waals surface area contributed by atoms with Gasteiger partial charge in [-0.3, -0.25) is 0 Å². The number of hydrogen-bond acceptors (Lipinski definition) is 4. The maximum atomic E-state index is 6.67. The van der Waals surface area contributed by atoms with Crippen LogP contribution in [0.2, 0.25) is 13.1 Å². The number of nitrogens with zero attached hydrogens (tertiary/aromatic N) is 2. The second-order valence-electron chi connectivity index (χ2n) is 38.9. The average molecular weight is 1810 g/mol. The highest BCUT2D eigenvalue weighted by atomic mass is 28.3. The van der Waals surface area contributed by atoms with Crippen molar-refractivity contribution in [3.05, 3.63) is 399 Å². The van der Waals surface area contributed by atoms with E-state index in [2.05, 4.69) is 408 Å². The summed E-state index contributed by atoms with van der Waals surface area (Å²) in [6.07, 6.45) is 28.8. The SMILES string of the molecule is CCCCC(CC)Cc1ccc(-c2ccc(-c3ccc([Si](C)(c4ccc(-c5ccc(-c6ccc(CC(CC)CCCC)cc6)cc5)cc4)c4ccc(-c5cnc(-c6ccc(-c7ncc(-c8ccc([Si](C)(c9ccc(-c%10ccc(-c%11ccc(CC(CC)CCCC)cc%11)cc%10)cc9)c9ccc(-c%10ccc(-c%11ccc(CC(CC)CCCC)cc%11)cc%10)cc9)cc8)o7)cc6)o5)cc4)cc3)cc2)cc1. The molecular weight excluding hydrogens is 1680 g/mol. The summed E-state index contributed by atoms with van der Waals surface area (Å²) in [4.78, 5) is 9.75. The zero-order valence-electron chi connectivity index (χ0n) is 82.0. The van der Waals surface area contributed by atoms with Crippen molar-refractivity contribution < 1.29 is 8.83 Å². The first kappa shape index (κ1) is 94.9. The average Bonchev–Trinajstić information content (AvgIpc) is 0.960. The summed E-state index contributed by atoms with van der Waals surface area (Å²) in [5.74, 6) is 5.51. The van der Waals surface area contributed by atoms with Gasteiger partial charge in [-0.05, 0) is 216 Å². The van der Waals surface area contributed by atoms with Gasteiger partial charge in [0, 0.05) is 22.3 Å². The summed E-state index contributed by atoms with van der Waals surface area (Å²) in [6.45, 7) is 23.6. The van der Waals surface area contributed by atoms with E-state index < -0.39 is 16.1 Å². The minimum absolute atomic E-state index is 0.546. The van der Waals surface area contributed by atoms with E-state index in [1.165, 1.54) is 245 Å². The molecule has 15 aromatic carbocycles. The number of benzene rings is 15. The van der Waals surface area contributed by atoms with Gasteiger partial charge in [0.2, 0.25) is 11.8 Å². The molecule has 4 unspecified atom stereocenters. The summed E-state index contributed by atoms with van der Waals surface area (Å²) in [6, 6.07) is 138. The highest BCUT2D eigenvalue weighted by molar-refractivity contribution is 7.11. The monoisotopic (exact) mass is 1810 g/mol. The standard InChI is InChI=1S/C130H136N2O2Si2/c1-11-19-23-93(15-5)87-97-27-35-101(36-28-97)105-43-51-109(52-44-105)113-63-75-121(76-64-113)135(9,122-77-65-114(66-78-122)110-53-45-106(46-54-110)102-37-29-98(30-38-102)88-94(16-6)24-20-12-2)125-83-71-117(72-84-125)127-91-131-129(133-127)119-59-61-120(62-60-119)130-132-92-128(134-130)118-73-85-126(86-74-118)136(10,123-79-67-115(68-80-123)111-55-47-107(48-56-111)103-39-31-99(32-40-103)89-95(17-7)25-21-13-3)124-81-69-116(70-82-124)112-57-49-108(50-58-112)104-41-33-100(34-42-104)90-96(18-8)26-22-14-4/h27-86,91-96H,11-26,87-90H2,1-10H3. The van der Waals surface area contributed by atoms with E-state index in [0.717, 1.165) is 71.6 Å². The molecule has 0 fully saturated rings. The van der Waals surface area contributed by atoms with Crippen LogP contribution in [0.25, 0.3) is 135 Å². The van der Waals surface area contributed by atoms with Crippen LogP contribution in [0.5, 0.6) is 0 Å². The Morgan fingerprint density at radius 3 is 0.500 bits per heavy atom.